The highest BCUT2D eigenvalue weighted by atomic mass is 16.4. The number of carboxylic acid groups (broad SMARTS) is 1. The summed E-state index contributed by atoms with van der Waals surface area (Å²) in [4.78, 5) is 11.0. The Morgan fingerprint density at radius 2 is 1.74 bits per heavy atom. The van der Waals surface area contributed by atoms with E-state index in [1.807, 2.05) is 12.1 Å². The van der Waals surface area contributed by atoms with Crippen LogP contribution in [0.2, 0.25) is 0 Å². The SMILES string of the molecule is CCCCCCCCCCC[C@H]1Cc2cc(C(=O)O)ccc2N1. The average molecular weight is 317 g/mol. The number of fused-ring (bicyclic) bond motifs is 1. The molecule has 1 aliphatic heterocycles. The van der Waals surface area contributed by atoms with Crippen LogP contribution in [0, 0.1) is 0 Å². The summed E-state index contributed by atoms with van der Waals surface area (Å²) >= 11 is 0. The van der Waals surface area contributed by atoms with Gasteiger partial charge in [-0.05, 0) is 36.6 Å². The monoisotopic (exact) mass is 317 g/mol. The van der Waals surface area contributed by atoms with Gasteiger partial charge in [-0.3, -0.25) is 0 Å². The molecule has 128 valence electrons. The Morgan fingerprint density at radius 1 is 1.09 bits per heavy atom. The number of rotatable bonds is 11. The molecule has 1 atom stereocenters. The van der Waals surface area contributed by atoms with Crippen molar-refractivity contribution in [2.45, 2.75) is 83.6 Å². The second kappa shape index (κ2) is 9.59. The Kier molecular flexibility index (Phi) is 7.44. The lowest BCUT2D eigenvalue weighted by Crippen LogP contribution is -2.14. The first kappa shape index (κ1) is 17.8. The zero-order valence-corrected chi connectivity index (χ0v) is 14.4. The lowest BCUT2D eigenvalue weighted by Gasteiger charge is -2.10. The number of anilines is 1. The van der Waals surface area contributed by atoms with E-state index in [0.717, 1.165) is 17.7 Å². The maximum Gasteiger partial charge on any atom is 0.335 e. The van der Waals surface area contributed by atoms with Gasteiger partial charge in [0.15, 0.2) is 0 Å². The molecule has 2 rings (SSSR count). The second-order valence-corrected chi connectivity index (χ2v) is 6.84. The molecule has 0 amide bonds. The van der Waals surface area contributed by atoms with E-state index in [1.165, 1.54) is 64.2 Å². The molecule has 0 aliphatic carbocycles. The summed E-state index contributed by atoms with van der Waals surface area (Å²) in [6, 6.07) is 5.91. The standard InChI is InChI=1S/C20H31NO2/c1-2-3-4-5-6-7-8-9-10-11-18-15-17-14-16(20(22)23)12-13-19(17)21-18/h12-14,18,21H,2-11,15H2,1H3,(H,22,23)/t18-/m0/s1. The fourth-order valence-electron chi connectivity index (χ4n) is 3.45. The lowest BCUT2D eigenvalue weighted by atomic mass is 10.0. The zero-order valence-electron chi connectivity index (χ0n) is 14.4. The fraction of sp³-hybridized carbons (Fsp3) is 0.650. The highest BCUT2D eigenvalue weighted by Crippen LogP contribution is 2.29. The number of unbranched alkanes of at least 4 members (excludes halogenated alkanes) is 8. The number of carboxylic acids is 1. The molecular weight excluding hydrogens is 286 g/mol. The van der Waals surface area contributed by atoms with Crippen molar-refractivity contribution in [2.75, 3.05) is 5.32 Å². The van der Waals surface area contributed by atoms with E-state index in [-0.39, 0.29) is 0 Å². The molecule has 0 radical (unpaired) electrons. The summed E-state index contributed by atoms with van der Waals surface area (Å²) in [7, 11) is 0. The van der Waals surface area contributed by atoms with Crippen molar-refractivity contribution in [3.8, 4) is 0 Å². The Bertz CT molecular complexity index is 498. The molecule has 0 aromatic heterocycles. The van der Waals surface area contributed by atoms with Crippen LogP contribution in [-0.2, 0) is 6.42 Å². The molecule has 0 bridgehead atoms. The summed E-state index contributed by atoms with van der Waals surface area (Å²) in [5, 5.41) is 12.6. The van der Waals surface area contributed by atoms with Gasteiger partial charge < -0.3 is 10.4 Å². The minimum atomic E-state index is -0.838. The van der Waals surface area contributed by atoms with Crippen molar-refractivity contribution >= 4 is 11.7 Å². The second-order valence-electron chi connectivity index (χ2n) is 6.84. The van der Waals surface area contributed by atoms with E-state index >= 15 is 0 Å². The predicted octanol–water partition coefficient (Wildman–Crippen LogP) is 5.64. The highest BCUT2D eigenvalue weighted by Gasteiger charge is 2.21. The number of hydrogen-bond acceptors (Lipinski definition) is 2. The summed E-state index contributed by atoms with van der Waals surface area (Å²) in [5.41, 5.74) is 2.68. The third kappa shape index (κ3) is 5.89. The molecule has 0 saturated heterocycles. The number of hydrogen-bond donors (Lipinski definition) is 2. The molecule has 0 unspecified atom stereocenters. The van der Waals surface area contributed by atoms with E-state index in [0.29, 0.717) is 11.6 Å². The van der Waals surface area contributed by atoms with Crippen LogP contribution in [-0.4, -0.2) is 17.1 Å². The van der Waals surface area contributed by atoms with Crippen molar-refractivity contribution in [2.24, 2.45) is 0 Å². The van der Waals surface area contributed by atoms with Gasteiger partial charge in [-0.15, -0.1) is 0 Å². The van der Waals surface area contributed by atoms with Gasteiger partial charge in [0.05, 0.1) is 5.56 Å². The predicted molar refractivity (Wildman–Crippen MR) is 96.4 cm³/mol. The molecule has 0 saturated carbocycles. The molecule has 3 nitrogen and oxygen atoms in total. The van der Waals surface area contributed by atoms with Gasteiger partial charge in [0.25, 0.3) is 0 Å². The topological polar surface area (TPSA) is 49.3 Å². The summed E-state index contributed by atoms with van der Waals surface area (Å²) < 4.78 is 0. The van der Waals surface area contributed by atoms with Gasteiger partial charge in [0.1, 0.15) is 0 Å². The van der Waals surface area contributed by atoms with Crippen molar-refractivity contribution < 1.29 is 9.90 Å². The lowest BCUT2D eigenvalue weighted by molar-refractivity contribution is 0.0697. The molecular formula is C20H31NO2. The Morgan fingerprint density at radius 3 is 2.39 bits per heavy atom. The molecule has 1 heterocycles. The molecule has 0 spiro atoms. The van der Waals surface area contributed by atoms with Crippen molar-refractivity contribution in [3.63, 3.8) is 0 Å². The number of nitrogens with one attached hydrogen (secondary N) is 1. The van der Waals surface area contributed by atoms with Crippen LogP contribution in [0.5, 0.6) is 0 Å². The van der Waals surface area contributed by atoms with Gasteiger partial charge in [-0.1, -0.05) is 64.7 Å². The summed E-state index contributed by atoms with van der Waals surface area (Å²) in [5.74, 6) is -0.838. The van der Waals surface area contributed by atoms with Crippen LogP contribution in [0.25, 0.3) is 0 Å². The molecule has 3 heteroatoms. The van der Waals surface area contributed by atoms with Crippen LogP contribution >= 0.6 is 0 Å². The minimum Gasteiger partial charge on any atom is -0.478 e. The van der Waals surface area contributed by atoms with E-state index in [2.05, 4.69) is 12.2 Å². The first-order valence-electron chi connectivity index (χ1n) is 9.33. The van der Waals surface area contributed by atoms with Gasteiger partial charge >= 0.3 is 5.97 Å². The van der Waals surface area contributed by atoms with E-state index < -0.39 is 5.97 Å². The van der Waals surface area contributed by atoms with Crippen molar-refractivity contribution in [1.82, 2.24) is 0 Å². The highest BCUT2D eigenvalue weighted by molar-refractivity contribution is 5.88. The van der Waals surface area contributed by atoms with Crippen LogP contribution in [0.4, 0.5) is 5.69 Å². The Balaban J connectivity index is 1.57. The van der Waals surface area contributed by atoms with E-state index in [1.54, 1.807) is 6.07 Å². The van der Waals surface area contributed by atoms with E-state index in [4.69, 9.17) is 5.11 Å². The first-order valence-corrected chi connectivity index (χ1v) is 9.33. The average Bonchev–Trinajstić information content (AvgIpc) is 2.95. The fourth-order valence-corrected chi connectivity index (χ4v) is 3.45. The Labute approximate surface area is 140 Å². The zero-order chi connectivity index (χ0) is 16.5. The van der Waals surface area contributed by atoms with Gasteiger partial charge in [-0.2, -0.15) is 0 Å². The maximum atomic E-state index is 11.0. The molecule has 23 heavy (non-hydrogen) atoms. The van der Waals surface area contributed by atoms with Crippen LogP contribution in [0.1, 0.15) is 87.1 Å². The normalized spacial score (nSPS) is 16.1. The summed E-state index contributed by atoms with van der Waals surface area (Å²) in [6.07, 6.45) is 14.4. The quantitative estimate of drug-likeness (QED) is 0.519. The van der Waals surface area contributed by atoms with Crippen LogP contribution < -0.4 is 5.32 Å². The molecule has 0 fully saturated rings. The molecule has 1 aliphatic rings. The van der Waals surface area contributed by atoms with Crippen LogP contribution in [0.15, 0.2) is 18.2 Å². The third-order valence-electron chi connectivity index (χ3n) is 4.83. The summed E-state index contributed by atoms with van der Waals surface area (Å²) in [6.45, 7) is 2.26. The van der Waals surface area contributed by atoms with Gasteiger partial charge in [-0.25, -0.2) is 4.79 Å². The minimum absolute atomic E-state index is 0.397. The number of carbonyl (C=O) groups is 1. The maximum absolute atomic E-state index is 11.0. The van der Waals surface area contributed by atoms with Crippen LogP contribution in [0.3, 0.4) is 0 Å². The first-order chi connectivity index (χ1) is 11.2. The van der Waals surface area contributed by atoms with Crippen molar-refractivity contribution in [3.05, 3.63) is 29.3 Å². The van der Waals surface area contributed by atoms with Gasteiger partial charge in [0, 0.05) is 11.7 Å². The largest absolute Gasteiger partial charge is 0.478 e. The van der Waals surface area contributed by atoms with Gasteiger partial charge in [0.2, 0.25) is 0 Å². The Hall–Kier alpha value is -1.51. The smallest absolute Gasteiger partial charge is 0.335 e. The number of benzene rings is 1. The van der Waals surface area contributed by atoms with E-state index in [9.17, 15) is 4.79 Å². The third-order valence-corrected chi connectivity index (χ3v) is 4.83. The number of aromatic carboxylic acids is 1. The molecule has 1 aromatic rings. The molecule has 2 N–H and O–H groups in total. The molecule has 1 aromatic carbocycles. The van der Waals surface area contributed by atoms with Crippen molar-refractivity contribution in [1.29, 1.82) is 0 Å².